The molecule has 0 aromatic heterocycles. The molecule has 2 amide bonds. The van der Waals surface area contributed by atoms with Gasteiger partial charge in [-0.25, -0.2) is 0 Å². The molecule has 7 heteroatoms. The van der Waals surface area contributed by atoms with Crippen LogP contribution >= 0.6 is 34.8 Å². The Morgan fingerprint density at radius 2 is 1.72 bits per heavy atom. The molecule has 2 aromatic rings. The van der Waals surface area contributed by atoms with E-state index in [9.17, 15) is 9.59 Å². The molecule has 0 atom stereocenters. The first-order chi connectivity index (χ1) is 13.9. The Balaban J connectivity index is 1.63. The van der Waals surface area contributed by atoms with E-state index in [-0.39, 0.29) is 16.9 Å². The first-order valence-electron chi connectivity index (χ1n) is 9.72. The number of anilines is 1. The summed E-state index contributed by atoms with van der Waals surface area (Å²) >= 11 is 7.48. The summed E-state index contributed by atoms with van der Waals surface area (Å²) in [6.45, 7) is 3.61. The van der Waals surface area contributed by atoms with Crippen LogP contribution in [-0.4, -0.2) is 34.9 Å². The number of halogens is 1. The van der Waals surface area contributed by atoms with Crippen LogP contribution in [0.4, 0.5) is 5.69 Å². The maximum atomic E-state index is 12.8. The number of likely N-dealkylation sites (tertiary alicyclic amines) is 1. The summed E-state index contributed by atoms with van der Waals surface area (Å²) < 4.78 is 1.02. The molecule has 0 unspecified atom stereocenters. The fraction of sp³-hybridized carbons (Fsp3) is 0.318. The SMILES string of the molecule is Cc1ccc(C(=O)NC(=S)Nc2cccc(C(=O)N3CCCCCC3)c2)cc1I. The summed E-state index contributed by atoms with van der Waals surface area (Å²) in [7, 11) is 0. The number of carbonyl (C=O) groups is 2. The highest BCUT2D eigenvalue weighted by atomic mass is 127. The average Bonchev–Trinajstić information content (AvgIpc) is 2.99. The number of nitrogens with one attached hydrogen (secondary N) is 2. The van der Waals surface area contributed by atoms with Crippen molar-refractivity contribution in [3.05, 3.63) is 62.7 Å². The first-order valence-corrected chi connectivity index (χ1v) is 11.2. The van der Waals surface area contributed by atoms with Gasteiger partial charge in [0, 0.05) is 33.5 Å². The number of aryl methyl sites for hydroxylation is 1. The predicted molar refractivity (Wildman–Crippen MR) is 128 cm³/mol. The predicted octanol–water partition coefficient (Wildman–Crippen LogP) is 4.74. The van der Waals surface area contributed by atoms with E-state index in [1.54, 1.807) is 12.1 Å². The van der Waals surface area contributed by atoms with Gasteiger partial charge in [-0.3, -0.25) is 14.9 Å². The minimum atomic E-state index is -0.266. The molecular weight excluding hydrogens is 497 g/mol. The highest BCUT2D eigenvalue weighted by Crippen LogP contribution is 2.17. The molecule has 1 saturated heterocycles. The van der Waals surface area contributed by atoms with Crippen LogP contribution in [0, 0.1) is 10.5 Å². The van der Waals surface area contributed by atoms with Gasteiger partial charge in [0.2, 0.25) is 0 Å². The Morgan fingerprint density at radius 3 is 2.41 bits per heavy atom. The lowest BCUT2D eigenvalue weighted by Crippen LogP contribution is -2.34. The smallest absolute Gasteiger partial charge is 0.257 e. The second kappa shape index (κ2) is 10.2. The average molecular weight is 521 g/mol. The van der Waals surface area contributed by atoms with Crippen LogP contribution in [0.25, 0.3) is 0 Å². The van der Waals surface area contributed by atoms with Crippen molar-refractivity contribution in [1.29, 1.82) is 0 Å². The van der Waals surface area contributed by atoms with Crippen molar-refractivity contribution in [2.24, 2.45) is 0 Å². The molecule has 0 aliphatic carbocycles. The molecule has 2 N–H and O–H groups in total. The van der Waals surface area contributed by atoms with Gasteiger partial charge in [0.25, 0.3) is 11.8 Å². The molecule has 2 aromatic carbocycles. The number of thiocarbonyl (C=S) groups is 1. The second-order valence-electron chi connectivity index (χ2n) is 7.16. The van der Waals surface area contributed by atoms with E-state index in [4.69, 9.17) is 12.2 Å². The maximum Gasteiger partial charge on any atom is 0.257 e. The number of amides is 2. The van der Waals surface area contributed by atoms with Gasteiger partial charge in [-0.2, -0.15) is 0 Å². The number of carbonyl (C=O) groups excluding carboxylic acids is 2. The van der Waals surface area contributed by atoms with E-state index in [0.29, 0.717) is 16.8 Å². The number of benzene rings is 2. The number of rotatable bonds is 3. The second-order valence-corrected chi connectivity index (χ2v) is 8.73. The number of nitrogens with zero attached hydrogens (tertiary/aromatic N) is 1. The quantitative estimate of drug-likeness (QED) is 0.453. The van der Waals surface area contributed by atoms with Crippen molar-refractivity contribution in [3.63, 3.8) is 0 Å². The Labute approximate surface area is 190 Å². The summed E-state index contributed by atoms with van der Waals surface area (Å²) in [6, 6.07) is 12.7. The van der Waals surface area contributed by atoms with E-state index in [0.717, 1.165) is 35.1 Å². The maximum absolute atomic E-state index is 12.8. The van der Waals surface area contributed by atoms with Gasteiger partial charge >= 0.3 is 0 Å². The lowest BCUT2D eigenvalue weighted by molar-refractivity contribution is 0.0761. The van der Waals surface area contributed by atoms with Crippen LogP contribution in [0.1, 0.15) is 52.0 Å². The van der Waals surface area contributed by atoms with Gasteiger partial charge in [0.1, 0.15) is 0 Å². The van der Waals surface area contributed by atoms with Crippen LogP contribution < -0.4 is 10.6 Å². The van der Waals surface area contributed by atoms with Gasteiger partial charge in [-0.15, -0.1) is 0 Å². The largest absolute Gasteiger partial charge is 0.339 e. The lowest BCUT2D eigenvalue weighted by atomic mass is 10.1. The third-order valence-electron chi connectivity index (χ3n) is 4.92. The van der Waals surface area contributed by atoms with E-state index < -0.39 is 0 Å². The van der Waals surface area contributed by atoms with Crippen LogP contribution in [0.2, 0.25) is 0 Å². The Morgan fingerprint density at radius 1 is 1.00 bits per heavy atom. The number of hydrogen-bond donors (Lipinski definition) is 2. The van der Waals surface area contributed by atoms with Crippen LogP contribution in [0.5, 0.6) is 0 Å². The molecule has 1 heterocycles. The van der Waals surface area contributed by atoms with Gasteiger partial charge in [0.15, 0.2) is 5.11 Å². The third kappa shape index (κ3) is 5.99. The molecule has 5 nitrogen and oxygen atoms in total. The molecule has 3 rings (SSSR count). The fourth-order valence-electron chi connectivity index (χ4n) is 3.26. The Kier molecular flexibility index (Phi) is 7.60. The van der Waals surface area contributed by atoms with E-state index in [1.165, 1.54) is 12.8 Å². The fourth-order valence-corrected chi connectivity index (χ4v) is 3.98. The van der Waals surface area contributed by atoms with E-state index in [1.807, 2.05) is 42.2 Å². The molecule has 0 spiro atoms. The van der Waals surface area contributed by atoms with Gasteiger partial charge < -0.3 is 10.2 Å². The zero-order valence-electron chi connectivity index (χ0n) is 16.3. The van der Waals surface area contributed by atoms with Crippen LogP contribution in [0.3, 0.4) is 0 Å². The van der Waals surface area contributed by atoms with Crippen molar-refractivity contribution < 1.29 is 9.59 Å². The molecule has 1 fully saturated rings. The molecular formula is C22H24IN3O2S. The standard InChI is InChI=1S/C22H24IN3O2S/c1-15-9-10-16(14-19(15)23)20(27)25-22(29)24-18-8-6-7-17(13-18)21(28)26-11-4-2-3-5-12-26/h6-10,13-14H,2-5,11-12H2,1H3,(H2,24,25,27,29). The van der Waals surface area contributed by atoms with Crippen LogP contribution in [-0.2, 0) is 0 Å². The molecule has 1 aliphatic rings. The molecule has 152 valence electrons. The Bertz CT molecular complexity index is 924. The molecule has 1 aliphatic heterocycles. The molecule has 0 saturated carbocycles. The van der Waals surface area contributed by atoms with Crippen molar-refractivity contribution in [1.82, 2.24) is 10.2 Å². The normalized spacial score (nSPS) is 14.1. The van der Waals surface area contributed by atoms with Gasteiger partial charge in [0.05, 0.1) is 0 Å². The zero-order valence-corrected chi connectivity index (χ0v) is 19.3. The molecule has 0 radical (unpaired) electrons. The molecule has 29 heavy (non-hydrogen) atoms. The minimum absolute atomic E-state index is 0.0414. The highest BCUT2D eigenvalue weighted by Gasteiger charge is 2.17. The summed E-state index contributed by atoms with van der Waals surface area (Å²) in [5.41, 5.74) is 2.97. The first kappa shape index (κ1) is 21.7. The number of hydrogen-bond acceptors (Lipinski definition) is 3. The summed E-state index contributed by atoms with van der Waals surface area (Å²) in [4.78, 5) is 27.1. The van der Waals surface area contributed by atoms with E-state index in [2.05, 4.69) is 33.2 Å². The highest BCUT2D eigenvalue weighted by molar-refractivity contribution is 14.1. The van der Waals surface area contributed by atoms with Crippen LogP contribution in [0.15, 0.2) is 42.5 Å². The summed E-state index contributed by atoms with van der Waals surface area (Å²) in [5.74, 6) is -0.225. The lowest BCUT2D eigenvalue weighted by Gasteiger charge is -2.20. The van der Waals surface area contributed by atoms with E-state index >= 15 is 0 Å². The van der Waals surface area contributed by atoms with Crippen molar-refractivity contribution in [2.75, 3.05) is 18.4 Å². The Hall–Kier alpha value is -2.00. The summed E-state index contributed by atoms with van der Waals surface area (Å²) in [6.07, 6.45) is 4.47. The van der Waals surface area contributed by atoms with Crippen molar-refractivity contribution in [3.8, 4) is 0 Å². The minimum Gasteiger partial charge on any atom is -0.339 e. The monoisotopic (exact) mass is 521 g/mol. The van der Waals surface area contributed by atoms with Gasteiger partial charge in [-0.1, -0.05) is 25.0 Å². The van der Waals surface area contributed by atoms with Crippen molar-refractivity contribution in [2.45, 2.75) is 32.6 Å². The van der Waals surface area contributed by atoms with Gasteiger partial charge in [-0.05, 0) is 90.5 Å². The summed E-state index contributed by atoms with van der Waals surface area (Å²) in [5, 5.41) is 5.90. The van der Waals surface area contributed by atoms with Crippen molar-refractivity contribution >= 4 is 57.4 Å². The molecule has 0 bridgehead atoms. The zero-order chi connectivity index (χ0) is 20.8. The third-order valence-corrected chi connectivity index (χ3v) is 6.29. The topological polar surface area (TPSA) is 61.4 Å².